The van der Waals surface area contributed by atoms with Crippen molar-refractivity contribution in [2.24, 2.45) is 5.73 Å². The van der Waals surface area contributed by atoms with Crippen molar-refractivity contribution >= 4 is 11.5 Å². The molecule has 1 aliphatic rings. The first-order valence-corrected chi connectivity index (χ1v) is 12.6. The van der Waals surface area contributed by atoms with Crippen molar-refractivity contribution in [3.05, 3.63) is 87.7 Å². The number of hydrogen-bond donors (Lipinski definition) is 2. The molecule has 0 saturated heterocycles. The standard InChI is InChI=1S/C29H35N5O2.H2/c1-5-23(6-2)34-18-22(11-12-27(34)36)25-17-31-19(3)28(33-25)26(35)15-24(30)21-9-7-20(8-10-21)16-32-29(4)13-14-29;/h7-12,15,17-18,23,32H,5-6,13-14,16,30H2,1-4H3;1H. The lowest BCUT2D eigenvalue weighted by Crippen LogP contribution is -2.26. The minimum atomic E-state index is -0.305. The lowest BCUT2D eigenvalue weighted by Gasteiger charge is -2.17. The Morgan fingerprint density at radius 3 is 2.53 bits per heavy atom. The van der Waals surface area contributed by atoms with E-state index in [9.17, 15) is 9.59 Å². The van der Waals surface area contributed by atoms with E-state index in [1.807, 2.05) is 24.3 Å². The average molecular weight is 488 g/mol. The zero-order valence-corrected chi connectivity index (χ0v) is 21.5. The fourth-order valence-corrected chi connectivity index (χ4v) is 4.23. The molecular weight excluding hydrogens is 450 g/mol. The maximum atomic E-state index is 13.1. The zero-order chi connectivity index (χ0) is 25.9. The minimum Gasteiger partial charge on any atom is -0.398 e. The highest BCUT2D eigenvalue weighted by molar-refractivity contribution is 6.07. The van der Waals surface area contributed by atoms with Gasteiger partial charge in [-0.25, -0.2) is 4.98 Å². The number of nitrogens with two attached hydrogens (primary N) is 1. The van der Waals surface area contributed by atoms with Gasteiger partial charge in [-0.2, -0.15) is 0 Å². The van der Waals surface area contributed by atoms with Crippen LogP contribution in [0.15, 0.2) is 59.7 Å². The van der Waals surface area contributed by atoms with Crippen LogP contribution in [0.5, 0.6) is 0 Å². The molecule has 0 amide bonds. The van der Waals surface area contributed by atoms with Gasteiger partial charge in [0.25, 0.3) is 5.56 Å². The average Bonchev–Trinajstić information content (AvgIpc) is 3.62. The largest absolute Gasteiger partial charge is 0.398 e. The van der Waals surface area contributed by atoms with E-state index in [2.05, 4.69) is 36.1 Å². The second-order valence-electron chi connectivity index (χ2n) is 9.90. The van der Waals surface area contributed by atoms with Gasteiger partial charge in [-0.15, -0.1) is 0 Å². The van der Waals surface area contributed by atoms with Crippen LogP contribution in [0, 0.1) is 6.92 Å². The minimum absolute atomic E-state index is 0. The Morgan fingerprint density at radius 2 is 1.89 bits per heavy atom. The smallest absolute Gasteiger partial charge is 0.250 e. The summed E-state index contributed by atoms with van der Waals surface area (Å²) in [5.74, 6) is -0.305. The SMILES string of the molecule is CCC(CC)n1cc(-c2cnc(C)c(C(=O)C=C(N)c3ccc(CNC4(C)CC4)cc3)n2)ccc1=O.[HH]. The summed E-state index contributed by atoms with van der Waals surface area (Å²) in [6.45, 7) is 8.92. The molecule has 190 valence electrons. The van der Waals surface area contributed by atoms with Crippen molar-refractivity contribution in [1.82, 2.24) is 19.9 Å². The number of pyridine rings is 1. The molecule has 36 heavy (non-hydrogen) atoms. The molecule has 7 heteroatoms. The summed E-state index contributed by atoms with van der Waals surface area (Å²) in [5, 5.41) is 3.56. The molecule has 1 fully saturated rings. The number of carbonyl (C=O) groups excluding carboxylic acids is 1. The molecule has 1 aromatic carbocycles. The van der Waals surface area contributed by atoms with Crippen LogP contribution in [0.2, 0.25) is 0 Å². The third-order valence-electron chi connectivity index (χ3n) is 7.05. The van der Waals surface area contributed by atoms with Crippen molar-refractivity contribution in [1.29, 1.82) is 0 Å². The van der Waals surface area contributed by atoms with Gasteiger partial charge in [0.05, 0.1) is 17.6 Å². The van der Waals surface area contributed by atoms with Crippen molar-refractivity contribution < 1.29 is 6.22 Å². The molecule has 2 heterocycles. The van der Waals surface area contributed by atoms with Crippen molar-refractivity contribution in [2.45, 2.75) is 71.5 Å². The van der Waals surface area contributed by atoms with Crippen LogP contribution < -0.4 is 16.6 Å². The summed E-state index contributed by atoms with van der Waals surface area (Å²) < 4.78 is 1.74. The lowest BCUT2D eigenvalue weighted by molar-refractivity contribution is 0.104. The van der Waals surface area contributed by atoms with E-state index in [0.717, 1.165) is 30.5 Å². The molecule has 3 aromatic rings. The normalized spacial score (nSPS) is 14.8. The number of benzene rings is 1. The number of rotatable bonds is 10. The van der Waals surface area contributed by atoms with E-state index in [1.54, 1.807) is 36.0 Å². The first-order chi connectivity index (χ1) is 17.2. The maximum Gasteiger partial charge on any atom is 0.250 e. The molecule has 0 unspecified atom stereocenters. The maximum absolute atomic E-state index is 13.1. The number of allylic oxidation sites excluding steroid dienone is 1. The first-order valence-electron chi connectivity index (χ1n) is 12.6. The molecular formula is C29H37N5O2. The Labute approximate surface area is 214 Å². The van der Waals surface area contributed by atoms with Crippen molar-refractivity contribution in [3.63, 3.8) is 0 Å². The van der Waals surface area contributed by atoms with Crippen LogP contribution in [0.1, 0.15) is 81.2 Å². The van der Waals surface area contributed by atoms with E-state index in [0.29, 0.717) is 17.1 Å². The van der Waals surface area contributed by atoms with Gasteiger partial charge >= 0.3 is 0 Å². The first kappa shape index (κ1) is 25.5. The second kappa shape index (κ2) is 10.6. The zero-order valence-electron chi connectivity index (χ0n) is 21.5. The van der Waals surface area contributed by atoms with Crippen LogP contribution in [0.3, 0.4) is 0 Å². The van der Waals surface area contributed by atoms with E-state index in [-0.39, 0.29) is 30.0 Å². The highest BCUT2D eigenvalue weighted by atomic mass is 16.1. The van der Waals surface area contributed by atoms with Gasteiger partial charge in [0, 0.05) is 49.2 Å². The van der Waals surface area contributed by atoms with E-state index >= 15 is 0 Å². The Balaban J connectivity index is 0.00000380. The summed E-state index contributed by atoms with van der Waals surface area (Å²) in [6, 6.07) is 11.3. The van der Waals surface area contributed by atoms with Crippen molar-refractivity contribution in [3.8, 4) is 11.3 Å². The van der Waals surface area contributed by atoms with Crippen LogP contribution in [0.4, 0.5) is 0 Å². The van der Waals surface area contributed by atoms with Crippen LogP contribution in [0.25, 0.3) is 17.0 Å². The fraction of sp³-hybridized carbons (Fsp3) is 0.379. The number of aryl methyl sites for hydroxylation is 1. The van der Waals surface area contributed by atoms with E-state index < -0.39 is 0 Å². The number of nitrogens with zero attached hydrogens (tertiary/aromatic N) is 3. The summed E-state index contributed by atoms with van der Waals surface area (Å²) >= 11 is 0. The molecule has 0 aliphatic heterocycles. The third-order valence-corrected chi connectivity index (χ3v) is 7.05. The predicted molar refractivity (Wildman–Crippen MR) is 146 cm³/mol. The molecule has 0 atom stereocenters. The molecule has 1 aliphatic carbocycles. The van der Waals surface area contributed by atoms with Gasteiger partial charge in [0.2, 0.25) is 5.78 Å². The van der Waals surface area contributed by atoms with Gasteiger partial charge in [-0.3, -0.25) is 14.6 Å². The van der Waals surface area contributed by atoms with Crippen molar-refractivity contribution in [2.75, 3.05) is 0 Å². The van der Waals surface area contributed by atoms with Crippen LogP contribution in [-0.4, -0.2) is 25.9 Å². The molecule has 4 rings (SSSR count). The Hall–Kier alpha value is -3.58. The lowest BCUT2D eigenvalue weighted by atomic mass is 10.1. The summed E-state index contributed by atoms with van der Waals surface area (Å²) in [5.41, 5.74) is 10.9. The summed E-state index contributed by atoms with van der Waals surface area (Å²) in [4.78, 5) is 34.5. The predicted octanol–water partition coefficient (Wildman–Crippen LogP) is 5.05. The number of hydrogen-bond acceptors (Lipinski definition) is 6. The molecule has 0 bridgehead atoms. The highest BCUT2D eigenvalue weighted by Gasteiger charge is 2.36. The number of ketones is 1. The van der Waals surface area contributed by atoms with Gasteiger partial charge in [-0.1, -0.05) is 38.1 Å². The number of aromatic nitrogens is 3. The Morgan fingerprint density at radius 1 is 1.19 bits per heavy atom. The molecule has 2 aromatic heterocycles. The highest BCUT2D eigenvalue weighted by Crippen LogP contribution is 2.34. The molecule has 0 radical (unpaired) electrons. The third kappa shape index (κ3) is 5.79. The Bertz CT molecular complexity index is 1340. The van der Waals surface area contributed by atoms with E-state index in [1.165, 1.54) is 24.5 Å². The summed E-state index contributed by atoms with van der Waals surface area (Å²) in [7, 11) is 0. The monoisotopic (exact) mass is 487 g/mol. The van der Waals surface area contributed by atoms with Gasteiger partial charge in [0.15, 0.2) is 0 Å². The molecule has 0 spiro atoms. The fourth-order valence-electron chi connectivity index (χ4n) is 4.23. The van der Waals surface area contributed by atoms with Crippen LogP contribution >= 0.6 is 0 Å². The van der Waals surface area contributed by atoms with Gasteiger partial charge in [-0.05, 0) is 56.7 Å². The molecule has 3 N–H and O–H groups in total. The molecule has 7 nitrogen and oxygen atoms in total. The topological polar surface area (TPSA) is 103 Å². The second-order valence-corrected chi connectivity index (χ2v) is 9.90. The van der Waals surface area contributed by atoms with E-state index in [4.69, 9.17) is 5.73 Å². The van der Waals surface area contributed by atoms with Crippen LogP contribution in [-0.2, 0) is 6.54 Å². The number of carbonyl (C=O) groups is 1. The quantitative estimate of drug-likeness (QED) is 0.307. The summed E-state index contributed by atoms with van der Waals surface area (Å²) in [6.07, 6.45) is 8.98. The number of nitrogens with one attached hydrogen (secondary N) is 1. The molecule has 1 saturated carbocycles. The van der Waals surface area contributed by atoms with Gasteiger partial charge < -0.3 is 15.6 Å². The van der Waals surface area contributed by atoms with Gasteiger partial charge in [0.1, 0.15) is 5.69 Å². The Kier molecular flexibility index (Phi) is 7.50.